The molecule has 0 atom stereocenters. The van der Waals surface area contributed by atoms with E-state index in [4.69, 9.17) is 9.15 Å². The number of fused-ring (bicyclic) bond motifs is 1. The van der Waals surface area contributed by atoms with Crippen LogP contribution in [0.4, 0.5) is 5.69 Å². The van der Waals surface area contributed by atoms with Gasteiger partial charge in [-0.05, 0) is 23.8 Å². The quantitative estimate of drug-likeness (QED) is 0.854. The first-order chi connectivity index (χ1) is 7.92. The van der Waals surface area contributed by atoms with Gasteiger partial charge in [0.15, 0.2) is 6.39 Å². The summed E-state index contributed by atoms with van der Waals surface area (Å²) < 4.78 is 10.6. The van der Waals surface area contributed by atoms with E-state index >= 15 is 0 Å². The van der Waals surface area contributed by atoms with E-state index in [-0.39, 0.29) is 0 Å². The molecule has 16 heavy (non-hydrogen) atoms. The number of anilines is 1. The van der Waals surface area contributed by atoms with E-state index in [0.29, 0.717) is 6.54 Å². The second-order valence-electron chi connectivity index (χ2n) is 3.74. The predicted octanol–water partition coefficient (Wildman–Crippen LogP) is 2.22. The lowest BCUT2D eigenvalue weighted by atomic mass is 10.1. The Labute approximate surface area is 93.3 Å². The van der Waals surface area contributed by atoms with Crippen molar-refractivity contribution in [3.05, 3.63) is 42.1 Å². The third-order valence-electron chi connectivity index (χ3n) is 2.64. The molecule has 1 aliphatic heterocycles. The van der Waals surface area contributed by atoms with E-state index in [2.05, 4.69) is 16.4 Å². The van der Waals surface area contributed by atoms with E-state index in [1.54, 1.807) is 6.20 Å². The van der Waals surface area contributed by atoms with Gasteiger partial charge >= 0.3 is 0 Å². The van der Waals surface area contributed by atoms with Crippen molar-refractivity contribution in [2.24, 2.45) is 0 Å². The van der Waals surface area contributed by atoms with Crippen LogP contribution in [0.15, 0.2) is 35.2 Å². The molecule has 0 unspecified atom stereocenters. The molecule has 0 bridgehead atoms. The average Bonchev–Trinajstić information content (AvgIpc) is 2.97. The van der Waals surface area contributed by atoms with Gasteiger partial charge in [-0.1, -0.05) is 0 Å². The van der Waals surface area contributed by atoms with Gasteiger partial charge in [-0.2, -0.15) is 0 Å². The molecular weight excluding hydrogens is 204 g/mol. The number of ether oxygens (including phenoxy) is 1. The lowest BCUT2D eigenvalue weighted by Gasteiger charge is -2.05. The minimum Gasteiger partial charge on any atom is -0.493 e. The molecular formula is C12H12N2O2. The summed E-state index contributed by atoms with van der Waals surface area (Å²) in [5.41, 5.74) is 2.35. The number of hydrogen-bond acceptors (Lipinski definition) is 4. The molecule has 3 rings (SSSR count). The topological polar surface area (TPSA) is 47.3 Å². The number of nitrogens with one attached hydrogen (secondary N) is 1. The largest absolute Gasteiger partial charge is 0.493 e. The number of hydrogen-bond donors (Lipinski definition) is 1. The number of rotatable bonds is 3. The molecule has 0 fully saturated rings. The molecule has 0 saturated heterocycles. The number of nitrogens with zero attached hydrogens (tertiary/aromatic N) is 1. The summed E-state index contributed by atoms with van der Waals surface area (Å²) >= 11 is 0. The molecule has 2 heterocycles. The van der Waals surface area contributed by atoms with Gasteiger partial charge in [-0.25, -0.2) is 4.98 Å². The van der Waals surface area contributed by atoms with Gasteiger partial charge in [-0.3, -0.25) is 0 Å². The van der Waals surface area contributed by atoms with Crippen molar-refractivity contribution in [2.45, 2.75) is 13.0 Å². The van der Waals surface area contributed by atoms with Crippen LogP contribution in [0.3, 0.4) is 0 Å². The first-order valence-electron chi connectivity index (χ1n) is 5.29. The molecule has 4 heteroatoms. The Morgan fingerprint density at radius 3 is 3.25 bits per heavy atom. The molecule has 0 saturated carbocycles. The molecule has 2 aromatic rings. The highest BCUT2D eigenvalue weighted by Crippen LogP contribution is 2.27. The first kappa shape index (κ1) is 9.27. The summed E-state index contributed by atoms with van der Waals surface area (Å²) in [7, 11) is 0. The Morgan fingerprint density at radius 2 is 2.38 bits per heavy atom. The zero-order chi connectivity index (χ0) is 10.8. The van der Waals surface area contributed by atoms with Crippen LogP contribution in [0.2, 0.25) is 0 Å². The van der Waals surface area contributed by atoms with Crippen molar-refractivity contribution in [3.63, 3.8) is 0 Å². The molecule has 0 spiro atoms. The summed E-state index contributed by atoms with van der Waals surface area (Å²) in [4.78, 5) is 3.87. The van der Waals surface area contributed by atoms with Crippen molar-refractivity contribution >= 4 is 5.69 Å². The zero-order valence-corrected chi connectivity index (χ0v) is 8.77. The minimum atomic E-state index is 0.652. The summed E-state index contributed by atoms with van der Waals surface area (Å²) in [5, 5.41) is 3.29. The monoisotopic (exact) mass is 216 g/mol. The van der Waals surface area contributed by atoms with Crippen molar-refractivity contribution in [1.82, 2.24) is 4.98 Å². The van der Waals surface area contributed by atoms with Crippen LogP contribution in [-0.2, 0) is 13.0 Å². The maximum Gasteiger partial charge on any atom is 0.180 e. The van der Waals surface area contributed by atoms with Crippen LogP contribution in [0, 0.1) is 0 Å². The lowest BCUT2D eigenvalue weighted by Crippen LogP contribution is -1.98. The minimum absolute atomic E-state index is 0.652. The van der Waals surface area contributed by atoms with Crippen LogP contribution >= 0.6 is 0 Å². The molecule has 1 aromatic heterocycles. The molecule has 1 aromatic carbocycles. The Morgan fingerprint density at radius 1 is 1.38 bits per heavy atom. The van der Waals surface area contributed by atoms with Crippen LogP contribution < -0.4 is 10.1 Å². The van der Waals surface area contributed by atoms with Crippen molar-refractivity contribution in [3.8, 4) is 5.75 Å². The third kappa shape index (κ3) is 1.74. The van der Waals surface area contributed by atoms with E-state index in [1.165, 1.54) is 12.0 Å². The van der Waals surface area contributed by atoms with Gasteiger partial charge in [0.2, 0.25) is 0 Å². The van der Waals surface area contributed by atoms with Gasteiger partial charge in [0.1, 0.15) is 11.5 Å². The Balaban J connectivity index is 1.71. The highest BCUT2D eigenvalue weighted by atomic mass is 16.5. The molecule has 82 valence electrons. The first-order valence-corrected chi connectivity index (χ1v) is 5.29. The second kappa shape index (κ2) is 3.89. The fourth-order valence-electron chi connectivity index (χ4n) is 1.82. The number of aromatic nitrogens is 1. The highest BCUT2D eigenvalue weighted by Gasteiger charge is 2.11. The Kier molecular flexibility index (Phi) is 2.25. The molecule has 0 aliphatic carbocycles. The summed E-state index contributed by atoms with van der Waals surface area (Å²) in [6.07, 6.45) is 4.14. The summed E-state index contributed by atoms with van der Waals surface area (Å²) in [6, 6.07) is 6.14. The molecule has 1 aliphatic rings. The Bertz CT molecular complexity index is 480. The maximum atomic E-state index is 5.45. The van der Waals surface area contributed by atoms with Crippen LogP contribution in [-0.4, -0.2) is 11.6 Å². The van der Waals surface area contributed by atoms with Crippen molar-refractivity contribution in [2.75, 3.05) is 11.9 Å². The summed E-state index contributed by atoms with van der Waals surface area (Å²) in [6.45, 7) is 1.44. The van der Waals surface area contributed by atoms with E-state index < -0.39 is 0 Å². The van der Waals surface area contributed by atoms with Gasteiger partial charge in [0.25, 0.3) is 0 Å². The Hall–Kier alpha value is -1.97. The molecule has 4 nitrogen and oxygen atoms in total. The number of benzene rings is 1. The highest BCUT2D eigenvalue weighted by molar-refractivity contribution is 5.52. The fourth-order valence-corrected chi connectivity index (χ4v) is 1.82. The van der Waals surface area contributed by atoms with Crippen molar-refractivity contribution < 1.29 is 9.15 Å². The molecule has 1 N–H and O–H groups in total. The smallest absolute Gasteiger partial charge is 0.180 e. The van der Waals surface area contributed by atoms with Crippen LogP contribution in [0.5, 0.6) is 5.75 Å². The fraction of sp³-hybridized carbons (Fsp3) is 0.250. The molecule has 0 radical (unpaired) electrons. The lowest BCUT2D eigenvalue weighted by molar-refractivity contribution is 0.357. The SMILES string of the molecule is c1ncc(CNc2ccc3c(c2)CCO3)o1. The molecule has 0 amide bonds. The van der Waals surface area contributed by atoms with Gasteiger partial charge < -0.3 is 14.5 Å². The van der Waals surface area contributed by atoms with Gasteiger partial charge in [0.05, 0.1) is 19.3 Å². The average molecular weight is 216 g/mol. The third-order valence-corrected chi connectivity index (χ3v) is 2.64. The standard InChI is InChI=1S/C12H12N2O2/c1-2-12-9(3-4-15-12)5-10(1)14-7-11-6-13-8-16-11/h1-2,5-6,8,14H,3-4,7H2. The van der Waals surface area contributed by atoms with E-state index in [9.17, 15) is 0 Å². The van der Waals surface area contributed by atoms with Gasteiger partial charge in [0, 0.05) is 12.1 Å². The zero-order valence-electron chi connectivity index (χ0n) is 8.77. The van der Waals surface area contributed by atoms with Gasteiger partial charge in [-0.15, -0.1) is 0 Å². The number of oxazole rings is 1. The van der Waals surface area contributed by atoms with E-state index in [0.717, 1.165) is 30.2 Å². The van der Waals surface area contributed by atoms with E-state index in [1.807, 2.05) is 12.1 Å². The maximum absolute atomic E-state index is 5.45. The summed E-state index contributed by atoms with van der Waals surface area (Å²) in [5.74, 6) is 1.84. The second-order valence-corrected chi connectivity index (χ2v) is 3.74. The predicted molar refractivity (Wildman–Crippen MR) is 59.5 cm³/mol. The van der Waals surface area contributed by atoms with Crippen LogP contribution in [0.25, 0.3) is 0 Å². The normalized spacial score (nSPS) is 13.2. The van der Waals surface area contributed by atoms with Crippen LogP contribution in [0.1, 0.15) is 11.3 Å². The van der Waals surface area contributed by atoms with Crippen molar-refractivity contribution in [1.29, 1.82) is 0 Å².